The molecule has 100 valence electrons. The molecule has 2 unspecified atom stereocenters. The first-order valence-corrected chi connectivity index (χ1v) is 6.93. The summed E-state index contributed by atoms with van der Waals surface area (Å²) in [4.78, 5) is 0. The van der Waals surface area contributed by atoms with E-state index in [2.05, 4.69) is 4.72 Å². The maximum absolute atomic E-state index is 13.8. The molecular weight excluding hydrogens is 265 g/mol. The van der Waals surface area contributed by atoms with Gasteiger partial charge >= 0.3 is 0 Å². The molecule has 0 bridgehead atoms. The van der Waals surface area contributed by atoms with Crippen molar-refractivity contribution < 1.29 is 13.2 Å². The van der Waals surface area contributed by atoms with Crippen LogP contribution in [0.2, 0.25) is 0 Å². The van der Waals surface area contributed by atoms with Gasteiger partial charge in [-0.25, -0.2) is 13.3 Å². The van der Waals surface area contributed by atoms with E-state index in [9.17, 15) is 8.60 Å². The SMILES string of the molecule is O=S(O)NC(Cc1ccccc1)c1ccccc1F. The number of nitrogens with one attached hydrogen (secondary N) is 1. The Morgan fingerprint density at radius 1 is 1.11 bits per heavy atom. The lowest BCUT2D eigenvalue weighted by molar-refractivity contribution is 0.513. The largest absolute Gasteiger partial charge is 0.294 e. The van der Waals surface area contributed by atoms with E-state index in [1.165, 1.54) is 6.07 Å². The maximum atomic E-state index is 13.8. The van der Waals surface area contributed by atoms with Gasteiger partial charge in [-0.3, -0.25) is 4.55 Å². The average molecular weight is 279 g/mol. The highest BCUT2D eigenvalue weighted by atomic mass is 32.2. The van der Waals surface area contributed by atoms with Crippen LogP contribution in [-0.4, -0.2) is 8.76 Å². The van der Waals surface area contributed by atoms with E-state index in [1.54, 1.807) is 18.2 Å². The zero-order chi connectivity index (χ0) is 13.7. The molecule has 0 aliphatic carbocycles. The van der Waals surface area contributed by atoms with Gasteiger partial charge in [0.15, 0.2) is 0 Å². The van der Waals surface area contributed by atoms with Gasteiger partial charge in [0, 0.05) is 5.56 Å². The number of benzene rings is 2. The summed E-state index contributed by atoms with van der Waals surface area (Å²) in [5.74, 6) is -0.388. The Labute approximate surface area is 113 Å². The van der Waals surface area contributed by atoms with E-state index in [0.717, 1.165) is 5.56 Å². The Bertz CT molecular complexity index is 562. The van der Waals surface area contributed by atoms with Crippen molar-refractivity contribution in [2.24, 2.45) is 0 Å². The number of hydrogen-bond acceptors (Lipinski definition) is 1. The van der Waals surface area contributed by atoms with E-state index in [4.69, 9.17) is 4.55 Å². The minimum atomic E-state index is -2.19. The summed E-state index contributed by atoms with van der Waals surface area (Å²) < 4.78 is 36.2. The summed E-state index contributed by atoms with van der Waals surface area (Å²) >= 11 is -2.19. The lowest BCUT2D eigenvalue weighted by Crippen LogP contribution is -2.25. The van der Waals surface area contributed by atoms with Gasteiger partial charge in [-0.15, -0.1) is 0 Å². The predicted molar refractivity (Wildman–Crippen MR) is 73.2 cm³/mol. The third-order valence-corrected chi connectivity index (χ3v) is 3.29. The molecule has 0 aromatic heterocycles. The Hall–Kier alpha value is -1.56. The molecule has 0 heterocycles. The van der Waals surface area contributed by atoms with Crippen molar-refractivity contribution in [3.63, 3.8) is 0 Å². The van der Waals surface area contributed by atoms with Gasteiger partial charge < -0.3 is 0 Å². The highest BCUT2D eigenvalue weighted by Gasteiger charge is 2.17. The zero-order valence-electron chi connectivity index (χ0n) is 10.1. The fourth-order valence-electron chi connectivity index (χ4n) is 1.94. The second kappa shape index (κ2) is 6.56. The summed E-state index contributed by atoms with van der Waals surface area (Å²) in [5, 5.41) is 0. The van der Waals surface area contributed by atoms with Gasteiger partial charge in [-0.05, 0) is 18.1 Å². The Morgan fingerprint density at radius 3 is 2.37 bits per heavy atom. The van der Waals surface area contributed by atoms with E-state index < -0.39 is 17.3 Å². The predicted octanol–water partition coefficient (Wildman–Crippen LogP) is 2.84. The molecule has 0 radical (unpaired) electrons. The molecule has 0 aliphatic rings. The second-order valence-corrected chi connectivity index (χ2v) is 4.86. The first kappa shape index (κ1) is 13.9. The minimum absolute atomic E-state index is 0.383. The number of hydrogen-bond donors (Lipinski definition) is 2. The number of rotatable bonds is 5. The van der Waals surface area contributed by atoms with Crippen molar-refractivity contribution in [2.75, 3.05) is 0 Å². The van der Waals surface area contributed by atoms with Gasteiger partial charge in [0.25, 0.3) is 0 Å². The highest BCUT2D eigenvalue weighted by molar-refractivity contribution is 7.77. The first-order valence-electron chi connectivity index (χ1n) is 5.82. The maximum Gasteiger partial charge on any atom is 0.232 e. The average Bonchev–Trinajstić information content (AvgIpc) is 2.39. The van der Waals surface area contributed by atoms with Gasteiger partial charge in [0.1, 0.15) is 5.82 Å². The highest BCUT2D eigenvalue weighted by Crippen LogP contribution is 2.21. The second-order valence-electron chi connectivity index (χ2n) is 4.13. The van der Waals surface area contributed by atoms with Crippen LogP contribution in [0.4, 0.5) is 4.39 Å². The van der Waals surface area contributed by atoms with Gasteiger partial charge in [0.2, 0.25) is 11.3 Å². The monoisotopic (exact) mass is 279 g/mol. The normalized spacial score (nSPS) is 14.0. The van der Waals surface area contributed by atoms with Crippen LogP contribution in [0.15, 0.2) is 54.6 Å². The Morgan fingerprint density at radius 2 is 1.74 bits per heavy atom. The standard InChI is InChI=1S/C14H14FNO2S/c15-13-9-5-4-8-12(13)14(16-19(17)18)10-11-6-2-1-3-7-11/h1-9,14,16H,10H2,(H,17,18). The molecule has 5 heteroatoms. The molecule has 0 amide bonds. The van der Waals surface area contributed by atoms with Crippen molar-refractivity contribution >= 4 is 11.3 Å². The molecule has 2 aromatic carbocycles. The van der Waals surface area contributed by atoms with Crippen LogP contribution in [0.25, 0.3) is 0 Å². The summed E-state index contributed by atoms with van der Waals surface area (Å²) in [5.41, 5.74) is 1.35. The molecular formula is C14H14FNO2S. The zero-order valence-corrected chi connectivity index (χ0v) is 10.9. The molecule has 0 saturated carbocycles. The lowest BCUT2D eigenvalue weighted by atomic mass is 9.99. The summed E-state index contributed by atoms with van der Waals surface area (Å²) in [6, 6.07) is 15.2. The third kappa shape index (κ3) is 3.96. The fraction of sp³-hybridized carbons (Fsp3) is 0.143. The molecule has 2 atom stereocenters. The Balaban J connectivity index is 2.26. The molecule has 0 aliphatic heterocycles. The fourth-order valence-corrected chi connectivity index (χ4v) is 2.40. The van der Waals surface area contributed by atoms with E-state index in [-0.39, 0.29) is 5.82 Å². The molecule has 0 spiro atoms. The van der Waals surface area contributed by atoms with Crippen LogP contribution >= 0.6 is 0 Å². The van der Waals surface area contributed by atoms with Crippen molar-refractivity contribution in [1.29, 1.82) is 0 Å². The molecule has 2 N–H and O–H groups in total. The molecule has 2 aromatic rings. The summed E-state index contributed by atoms with van der Waals surface area (Å²) in [6.45, 7) is 0. The quantitative estimate of drug-likeness (QED) is 0.827. The summed E-state index contributed by atoms with van der Waals surface area (Å²) in [7, 11) is 0. The van der Waals surface area contributed by atoms with Crippen molar-refractivity contribution in [3.8, 4) is 0 Å². The van der Waals surface area contributed by atoms with Gasteiger partial charge in [0.05, 0.1) is 6.04 Å². The first-order chi connectivity index (χ1) is 9.16. The van der Waals surface area contributed by atoms with Crippen LogP contribution in [0.3, 0.4) is 0 Å². The minimum Gasteiger partial charge on any atom is -0.294 e. The van der Waals surface area contributed by atoms with E-state index in [1.807, 2.05) is 30.3 Å². The van der Waals surface area contributed by atoms with Crippen molar-refractivity contribution in [1.82, 2.24) is 4.72 Å². The molecule has 0 fully saturated rings. The molecule has 0 saturated heterocycles. The smallest absolute Gasteiger partial charge is 0.232 e. The van der Waals surface area contributed by atoms with Crippen LogP contribution in [0, 0.1) is 5.82 Å². The molecule has 2 rings (SSSR count). The number of halogens is 1. The van der Waals surface area contributed by atoms with E-state index in [0.29, 0.717) is 12.0 Å². The van der Waals surface area contributed by atoms with Crippen molar-refractivity contribution in [2.45, 2.75) is 12.5 Å². The van der Waals surface area contributed by atoms with Gasteiger partial charge in [-0.2, -0.15) is 0 Å². The molecule has 19 heavy (non-hydrogen) atoms. The van der Waals surface area contributed by atoms with Crippen LogP contribution in [-0.2, 0) is 17.7 Å². The van der Waals surface area contributed by atoms with Crippen molar-refractivity contribution in [3.05, 3.63) is 71.5 Å². The third-order valence-electron chi connectivity index (χ3n) is 2.81. The topological polar surface area (TPSA) is 49.3 Å². The Kier molecular flexibility index (Phi) is 4.79. The summed E-state index contributed by atoms with van der Waals surface area (Å²) in [6.07, 6.45) is 0.439. The van der Waals surface area contributed by atoms with E-state index >= 15 is 0 Å². The van der Waals surface area contributed by atoms with Crippen LogP contribution < -0.4 is 4.72 Å². The lowest BCUT2D eigenvalue weighted by Gasteiger charge is -2.17. The van der Waals surface area contributed by atoms with Gasteiger partial charge in [-0.1, -0.05) is 48.5 Å². The van der Waals surface area contributed by atoms with Crippen LogP contribution in [0.1, 0.15) is 17.2 Å². The molecule has 3 nitrogen and oxygen atoms in total. The van der Waals surface area contributed by atoms with Crippen LogP contribution in [0.5, 0.6) is 0 Å².